The van der Waals surface area contributed by atoms with Crippen LogP contribution in [-0.2, 0) is 4.79 Å². The molecule has 3 rings (SSSR count). The van der Waals surface area contributed by atoms with E-state index in [0.29, 0.717) is 28.0 Å². The first-order valence-corrected chi connectivity index (χ1v) is 8.98. The summed E-state index contributed by atoms with van der Waals surface area (Å²) >= 11 is 0. The van der Waals surface area contributed by atoms with E-state index in [0.717, 1.165) is 5.69 Å². The molecule has 0 aliphatic rings. The summed E-state index contributed by atoms with van der Waals surface area (Å²) in [6.07, 6.45) is 1.67. The first-order valence-electron chi connectivity index (χ1n) is 8.98. The summed E-state index contributed by atoms with van der Waals surface area (Å²) in [5.41, 5.74) is 2.50. The third-order valence-corrected chi connectivity index (χ3v) is 4.17. The Hall–Kier alpha value is -3.42. The van der Waals surface area contributed by atoms with Crippen LogP contribution in [0.1, 0.15) is 35.9 Å². The number of rotatable bonds is 6. The number of benzene rings is 1. The molecule has 0 bridgehead atoms. The van der Waals surface area contributed by atoms with E-state index in [2.05, 4.69) is 20.7 Å². The molecule has 8 heteroatoms. The molecule has 0 unspecified atom stereocenters. The lowest BCUT2D eigenvalue weighted by Crippen LogP contribution is -2.24. The van der Waals surface area contributed by atoms with Crippen molar-refractivity contribution in [2.45, 2.75) is 26.8 Å². The van der Waals surface area contributed by atoms with Crippen LogP contribution in [0, 0.1) is 6.92 Å². The maximum atomic E-state index is 12.9. The number of anilines is 1. The number of likely N-dealkylation sites (N-methyl/N-ethyl adjacent to an activating group) is 1. The fraction of sp³-hybridized carbons (Fsp3) is 0.300. The van der Waals surface area contributed by atoms with Crippen molar-refractivity contribution < 1.29 is 14.3 Å². The Labute approximate surface area is 162 Å². The van der Waals surface area contributed by atoms with Crippen LogP contribution >= 0.6 is 0 Å². The third-order valence-electron chi connectivity index (χ3n) is 4.17. The molecule has 2 aromatic heterocycles. The molecule has 0 fully saturated rings. The van der Waals surface area contributed by atoms with Crippen LogP contribution in [0.2, 0.25) is 0 Å². The van der Waals surface area contributed by atoms with Gasteiger partial charge in [-0.05, 0) is 39.0 Å². The zero-order valence-electron chi connectivity index (χ0n) is 16.3. The van der Waals surface area contributed by atoms with Crippen LogP contribution in [-0.4, -0.2) is 40.2 Å². The summed E-state index contributed by atoms with van der Waals surface area (Å²) in [5.74, 6) is -0.00130. The van der Waals surface area contributed by atoms with E-state index in [1.54, 1.807) is 48.3 Å². The van der Waals surface area contributed by atoms with Crippen molar-refractivity contribution in [1.29, 1.82) is 0 Å². The maximum Gasteiger partial charge on any atom is 0.257 e. The average Bonchev–Trinajstić information content (AvgIpc) is 3.09. The van der Waals surface area contributed by atoms with Crippen molar-refractivity contribution in [3.05, 3.63) is 47.8 Å². The van der Waals surface area contributed by atoms with Crippen LogP contribution in [0.15, 0.2) is 36.5 Å². The summed E-state index contributed by atoms with van der Waals surface area (Å²) in [4.78, 5) is 28.8. The molecule has 2 N–H and O–H groups in total. The summed E-state index contributed by atoms with van der Waals surface area (Å²) in [5, 5.41) is 10.4. The molecule has 0 spiro atoms. The normalized spacial score (nSPS) is 10.9. The van der Waals surface area contributed by atoms with E-state index in [9.17, 15) is 9.59 Å². The zero-order valence-corrected chi connectivity index (χ0v) is 16.3. The quantitative estimate of drug-likeness (QED) is 0.684. The van der Waals surface area contributed by atoms with E-state index in [1.165, 1.54) is 0 Å². The second-order valence-electron chi connectivity index (χ2n) is 6.68. The predicted octanol–water partition coefficient (Wildman–Crippen LogP) is 2.70. The minimum Gasteiger partial charge on any atom is -0.484 e. The van der Waals surface area contributed by atoms with E-state index in [1.807, 2.05) is 20.8 Å². The SMILES string of the molecule is CNC(=O)COc1cccc(NC(=O)c2cc(C)nc3c2cnn3C(C)C)c1. The van der Waals surface area contributed by atoms with Gasteiger partial charge in [-0.3, -0.25) is 9.59 Å². The third kappa shape index (κ3) is 4.11. The highest BCUT2D eigenvalue weighted by atomic mass is 16.5. The Morgan fingerprint density at radius 2 is 2.04 bits per heavy atom. The Morgan fingerprint density at radius 1 is 1.25 bits per heavy atom. The van der Waals surface area contributed by atoms with Crippen molar-refractivity contribution in [3.63, 3.8) is 0 Å². The molecule has 0 atom stereocenters. The lowest BCUT2D eigenvalue weighted by atomic mass is 10.1. The Balaban J connectivity index is 1.85. The van der Waals surface area contributed by atoms with Crippen molar-refractivity contribution in [1.82, 2.24) is 20.1 Å². The van der Waals surface area contributed by atoms with Gasteiger partial charge in [-0.15, -0.1) is 0 Å². The molecular weight excluding hydrogens is 358 g/mol. The second-order valence-corrected chi connectivity index (χ2v) is 6.68. The van der Waals surface area contributed by atoms with Gasteiger partial charge in [-0.2, -0.15) is 5.10 Å². The Bertz CT molecular complexity index is 1030. The number of aryl methyl sites for hydroxylation is 1. The number of carbonyl (C=O) groups excluding carboxylic acids is 2. The fourth-order valence-electron chi connectivity index (χ4n) is 2.79. The fourth-order valence-corrected chi connectivity index (χ4v) is 2.79. The van der Waals surface area contributed by atoms with E-state index in [4.69, 9.17) is 4.74 Å². The number of hydrogen-bond acceptors (Lipinski definition) is 5. The first kappa shape index (κ1) is 19.3. The molecule has 0 aliphatic heterocycles. The minimum atomic E-state index is -0.262. The maximum absolute atomic E-state index is 12.9. The summed E-state index contributed by atoms with van der Waals surface area (Å²) in [7, 11) is 1.54. The molecule has 8 nitrogen and oxygen atoms in total. The largest absolute Gasteiger partial charge is 0.484 e. The number of hydrogen-bond donors (Lipinski definition) is 2. The Kier molecular flexibility index (Phi) is 5.58. The van der Waals surface area contributed by atoms with E-state index >= 15 is 0 Å². The number of ether oxygens (including phenoxy) is 1. The van der Waals surface area contributed by atoms with Crippen LogP contribution in [0.25, 0.3) is 11.0 Å². The van der Waals surface area contributed by atoms with Gasteiger partial charge in [0.25, 0.3) is 11.8 Å². The monoisotopic (exact) mass is 381 g/mol. The summed E-state index contributed by atoms with van der Waals surface area (Å²) in [6.45, 7) is 5.79. The van der Waals surface area contributed by atoms with Crippen molar-refractivity contribution in [3.8, 4) is 5.75 Å². The van der Waals surface area contributed by atoms with Crippen LogP contribution in [0.3, 0.4) is 0 Å². The topological polar surface area (TPSA) is 98.1 Å². The first-order chi connectivity index (χ1) is 13.4. The van der Waals surface area contributed by atoms with E-state index < -0.39 is 0 Å². The van der Waals surface area contributed by atoms with Gasteiger partial charge in [0.05, 0.1) is 17.1 Å². The molecule has 3 aromatic rings. The van der Waals surface area contributed by atoms with Gasteiger partial charge in [-0.25, -0.2) is 9.67 Å². The molecule has 1 aromatic carbocycles. The number of fused-ring (bicyclic) bond motifs is 1. The van der Waals surface area contributed by atoms with Crippen LogP contribution in [0.5, 0.6) is 5.75 Å². The molecular formula is C20H23N5O3. The van der Waals surface area contributed by atoms with Crippen molar-refractivity contribution in [2.24, 2.45) is 0 Å². The van der Waals surface area contributed by atoms with Gasteiger partial charge < -0.3 is 15.4 Å². The number of amides is 2. The molecule has 2 amide bonds. The highest BCUT2D eigenvalue weighted by Gasteiger charge is 2.17. The van der Waals surface area contributed by atoms with Gasteiger partial charge in [0.2, 0.25) is 0 Å². The van der Waals surface area contributed by atoms with E-state index in [-0.39, 0.29) is 24.5 Å². The number of carbonyl (C=O) groups is 2. The van der Waals surface area contributed by atoms with Crippen molar-refractivity contribution in [2.75, 3.05) is 19.0 Å². The van der Waals surface area contributed by atoms with Gasteiger partial charge in [0, 0.05) is 30.5 Å². The predicted molar refractivity (Wildman–Crippen MR) is 107 cm³/mol. The number of nitrogens with one attached hydrogen (secondary N) is 2. The van der Waals surface area contributed by atoms with Gasteiger partial charge in [0.1, 0.15) is 5.75 Å². The smallest absolute Gasteiger partial charge is 0.257 e. The highest BCUT2D eigenvalue weighted by molar-refractivity contribution is 6.12. The second kappa shape index (κ2) is 8.08. The summed E-state index contributed by atoms with van der Waals surface area (Å²) in [6, 6.07) is 8.78. The van der Waals surface area contributed by atoms with Crippen molar-refractivity contribution >= 4 is 28.5 Å². The van der Waals surface area contributed by atoms with Gasteiger partial charge in [0.15, 0.2) is 12.3 Å². The Morgan fingerprint density at radius 3 is 2.75 bits per heavy atom. The van der Waals surface area contributed by atoms with Gasteiger partial charge >= 0.3 is 0 Å². The molecule has 0 aliphatic carbocycles. The summed E-state index contributed by atoms with van der Waals surface area (Å²) < 4.78 is 7.22. The molecule has 0 saturated carbocycles. The standard InChI is InChI=1S/C20H23N5O3/c1-12(2)25-19-17(10-22-25)16(8-13(3)23-19)20(27)24-14-6-5-7-15(9-14)28-11-18(26)21-4/h5-10,12H,11H2,1-4H3,(H,21,26)(H,24,27). The lowest BCUT2D eigenvalue weighted by Gasteiger charge is -2.11. The molecule has 0 saturated heterocycles. The van der Waals surface area contributed by atoms with Crippen LogP contribution in [0.4, 0.5) is 5.69 Å². The lowest BCUT2D eigenvalue weighted by molar-refractivity contribution is -0.122. The van der Waals surface area contributed by atoms with Gasteiger partial charge in [-0.1, -0.05) is 6.07 Å². The zero-order chi connectivity index (χ0) is 20.3. The molecule has 2 heterocycles. The average molecular weight is 381 g/mol. The molecule has 0 radical (unpaired) electrons. The number of nitrogens with zero attached hydrogens (tertiary/aromatic N) is 3. The molecule has 146 valence electrons. The highest BCUT2D eigenvalue weighted by Crippen LogP contribution is 2.23. The number of pyridine rings is 1. The number of aromatic nitrogens is 3. The van der Waals surface area contributed by atoms with Crippen LogP contribution < -0.4 is 15.4 Å². The molecule has 28 heavy (non-hydrogen) atoms. The minimum absolute atomic E-state index is 0.0908.